The summed E-state index contributed by atoms with van der Waals surface area (Å²) in [6.45, 7) is 18.0. The highest BCUT2D eigenvalue weighted by molar-refractivity contribution is 5.81. The molecule has 0 bridgehead atoms. The molecular weight excluding hydrogens is 320 g/mol. The van der Waals surface area contributed by atoms with E-state index in [0.717, 1.165) is 5.57 Å². The van der Waals surface area contributed by atoms with Crippen molar-refractivity contribution in [3.63, 3.8) is 0 Å². The van der Waals surface area contributed by atoms with E-state index in [1.54, 1.807) is 6.92 Å². The van der Waals surface area contributed by atoms with Crippen molar-refractivity contribution in [1.82, 2.24) is 0 Å². The number of benzene rings is 1. The molecule has 2 nitrogen and oxygen atoms in total. The van der Waals surface area contributed by atoms with Gasteiger partial charge in [0.05, 0.1) is 0 Å². The Bertz CT molecular complexity index is 815. The van der Waals surface area contributed by atoms with Crippen LogP contribution >= 0.6 is 0 Å². The van der Waals surface area contributed by atoms with Gasteiger partial charge in [-0.1, -0.05) is 78.0 Å². The number of fused-ring (bicyclic) bond motifs is 1. The fraction of sp³-hybridized carbons (Fsp3) is 0.458. The third-order valence-electron chi connectivity index (χ3n) is 7.00. The zero-order valence-electron chi connectivity index (χ0n) is 17.4. The van der Waals surface area contributed by atoms with E-state index >= 15 is 0 Å². The second-order valence-electron chi connectivity index (χ2n) is 9.07. The Balaban J connectivity index is 2.40. The van der Waals surface area contributed by atoms with Crippen LogP contribution in [-0.4, -0.2) is 11.1 Å². The Kier molecular flexibility index (Phi) is 5.11. The summed E-state index contributed by atoms with van der Waals surface area (Å²) < 4.78 is 0. The van der Waals surface area contributed by atoms with Crippen LogP contribution in [0.4, 0.5) is 0 Å². The van der Waals surface area contributed by atoms with Gasteiger partial charge in [0, 0.05) is 6.08 Å². The molecule has 140 valence electrons. The molecule has 0 amide bonds. The van der Waals surface area contributed by atoms with Crippen molar-refractivity contribution < 1.29 is 9.90 Å². The maximum atomic E-state index is 10.7. The molecule has 0 spiro atoms. The smallest absolute Gasteiger partial charge is 0.328 e. The van der Waals surface area contributed by atoms with Crippen LogP contribution in [0.5, 0.6) is 0 Å². The number of carbonyl (C=O) groups is 1. The summed E-state index contributed by atoms with van der Waals surface area (Å²) in [7, 11) is 0. The van der Waals surface area contributed by atoms with Crippen LogP contribution in [-0.2, 0) is 15.6 Å². The summed E-state index contributed by atoms with van der Waals surface area (Å²) in [4.78, 5) is 10.7. The third kappa shape index (κ3) is 3.18. The second kappa shape index (κ2) is 6.57. The number of allylic oxidation sites excluding steroid dienone is 5. The summed E-state index contributed by atoms with van der Waals surface area (Å²) in [5.41, 5.74) is 6.38. The molecule has 2 heteroatoms. The molecule has 0 radical (unpaired) electrons. The first-order valence-corrected chi connectivity index (χ1v) is 9.24. The standard InChI is InChI=1S/C24H32O2/c1-16(14-21(25)26)10-9-11-17(2)18-12-13-19-20(15-18)23(5,6)24(7,8)22(19,3)4/h9-15H,1-8H3,(H,25,26)/b10-9+,16-14+,17-11-. The molecule has 0 saturated heterocycles. The molecule has 0 unspecified atom stereocenters. The second-order valence-corrected chi connectivity index (χ2v) is 9.07. The van der Waals surface area contributed by atoms with Crippen LogP contribution < -0.4 is 0 Å². The Morgan fingerprint density at radius 3 is 2.12 bits per heavy atom. The number of aliphatic carboxylic acids is 1. The van der Waals surface area contributed by atoms with E-state index in [2.05, 4.69) is 66.7 Å². The fourth-order valence-corrected chi connectivity index (χ4v) is 3.99. The lowest BCUT2D eigenvalue weighted by atomic mass is 9.59. The van der Waals surface area contributed by atoms with Crippen molar-refractivity contribution in [3.8, 4) is 0 Å². The predicted octanol–water partition coefficient (Wildman–Crippen LogP) is 6.27. The molecular formula is C24H32O2. The molecule has 0 atom stereocenters. The molecule has 1 aromatic carbocycles. The first kappa shape index (κ1) is 20.2. The molecule has 26 heavy (non-hydrogen) atoms. The van der Waals surface area contributed by atoms with Crippen molar-refractivity contribution in [1.29, 1.82) is 0 Å². The van der Waals surface area contributed by atoms with Crippen molar-refractivity contribution >= 4 is 11.5 Å². The minimum atomic E-state index is -0.918. The van der Waals surface area contributed by atoms with E-state index in [4.69, 9.17) is 5.11 Å². The highest BCUT2D eigenvalue weighted by Crippen LogP contribution is 2.61. The zero-order valence-corrected chi connectivity index (χ0v) is 17.4. The van der Waals surface area contributed by atoms with E-state index in [9.17, 15) is 4.79 Å². The number of carboxylic acid groups (broad SMARTS) is 1. The van der Waals surface area contributed by atoms with Crippen molar-refractivity contribution in [3.05, 3.63) is 64.8 Å². The van der Waals surface area contributed by atoms with Crippen LogP contribution in [0.25, 0.3) is 5.57 Å². The van der Waals surface area contributed by atoms with Gasteiger partial charge in [-0.3, -0.25) is 0 Å². The quantitative estimate of drug-likeness (QED) is 0.512. The molecule has 0 fully saturated rings. The van der Waals surface area contributed by atoms with E-state index in [1.165, 1.54) is 28.3 Å². The van der Waals surface area contributed by atoms with Gasteiger partial charge in [-0.05, 0) is 57.9 Å². The van der Waals surface area contributed by atoms with Gasteiger partial charge in [-0.15, -0.1) is 0 Å². The fourth-order valence-electron chi connectivity index (χ4n) is 3.99. The summed E-state index contributed by atoms with van der Waals surface area (Å²) >= 11 is 0. The SMILES string of the molecule is C/C(=C/C=C/C(C)=C/C(=O)O)c1ccc2c(c1)C(C)(C)C(C)(C)C2(C)C. The van der Waals surface area contributed by atoms with Crippen molar-refractivity contribution in [2.24, 2.45) is 5.41 Å². The van der Waals surface area contributed by atoms with Gasteiger partial charge in [-0.25, -0.2) is 4.79 Å². The Morgan fingerprint density at radius 1 is 0.962 bits per heavy atom. The van der Waals surface area contributed by atoms with Gasteiger partial charge in [0.2, 0.25) is 0 Å². The van der Waals surface area contributed by atoms with Gasteiger partial charge >= 0.3 is 5.97 Å². The summed E-state index contributed by atoms with van der Waals surface area (Å²) in [5, 5.41) is 8.77. The van der Waals surface area contributed by atoms with Gasteiger partial charge < -0.3 is 5.11 Å². The lowest BCUT2D eigenvalue weighted by molar-refractivity contribution is -0.131. The molecule has 1 aliphatic rings. The van der Waals surface area contributed by atoms with Crippen LogP contribution in [0.1, 0.15) is 72.1 Å². The van der Waals surface area contributed by atoms with Crippen molar-refractivity contribution in [2.75, 3.05) is 0 Å². The maximum absolute atomic E-state index is 10.7. The monoisotopic (exact) mass is 352 g/mol. The van der Waals surface area contributed by atoms with E-state index in [0.29, 0.717) is 0 Å². The lowest BCUT2D eigenvalue weighted by Crippen LogP contribution is -2.42. The normalized spacial score (nSPS) is 21.1. The Morgan fingerprint density at radius 2 is 1.54 bits per heavy atom. The topological polar surface area (TPSA) is 37.3 Å². The Hall–Kier alpha value is -2.09. The zero-order chi connectivity index (χ0) is 19.9. The molecule has 0 heterocycles. The molecule has 1 N–H and O–H groups in total. The van der Waals surface area contributed by atoms with Gasteiger partial charge in [0.1, 0.15) is 0 Å². The minimum absolute atomic E-state index is 0.0960. The molecule has 1 aromatic rings. The summed E-state index contributed by atoms with van der Waals surface area (Å²) in [5.74, 6) is -0.918. The van der Waals surface area contributed by atoms with Crippen LogP contribution in [0.2, 0.25) is 0 Å². The number of carboxylic acids is 1. The molecule has 1 aliphatic carbocycles. The number of hydrogen-bond donors (Lipinski definition) is 1. The molecule has 0 aromatic heterocycles. The highest BCUT2D eigenvalue weighted by Gasteiger charge is 2.56. The molecule has 0 saturated carbocycles. The predicted molar refractivity (Wildman–Crippen MR) is 110 cm³/mol. The molecule has 2 rings (SSSR count). The number of hydrogen-bond acceptors (Lipinski definition) is 1. The third-order valence-corrected chi connectivity index (χ3v) is 7.00. The first-order chi connectivity index (χ1) is 11.8. The largest absolute Gasteiger partial charge is 0.478 e. The maximum Gasteiger partial charge on any atom is 0.328 e. The first-order valence-electron chi connectivity index (χ1n) is 9.24. The van der Waals surface area contributed by atoms with Crippen LogP contribution in [0.3, 0.4) is 0 Å². The van der Waals surface area contributed by atoms with Gasteiger partial charge in [0.25, 0.3) is 0 Å². The average molecular weight is 353 g/mol. The minimum Gasteiger partial charge on any atom is -0.478 e. The van der Waals surface area contributed by atoms with E-state index in [-0.39, 0.29) is 16.2 Å². The highest BCUT2D eigenvalue weighted by atomic mass is 16.4. The van der Waals surface area contributed by atoms with Crippen LogP contribution in [0.15, 0.2) is 48.1 Å². The van der Waals surface area contributed by atoms with E-state index < -0.39 is 5.97 Å². The summed E-state index contributed by atoms with van der Waals surface area (Å²) in [6, 6.07) is 6.83. The van der Waals surface area contributed by atoms with Gasteiger partial charge in [0.15, 0.2) is 0 Å². The summed E-state index contributed by atoms with van der Waals surface area (Å²) in [6.07, 6.45) is 6.98. The van der Waals surface area contributed by atoms with Gasteiger partial charge in [-0.2, -0.15) is 0 Å². The van der Waals surface area contributed by atoms with Crippen LogP contribution in [0, 0.1) is 5.41 Å². The number of rotatable bonds is 4. The molecule has 0 aliphatic heterocycles. The van der Waals surface area contributed by atoms with E-state index in [1.807, 2.05) is 18.2 Å². The average Bonchev–Trinajstić information content (AvgIpc) is 2.62. The Labute approximate surface area is 158 Å². The lowest BCUT2D eigenvalue weighted by Gasteiger charge is -2.44. The van der Waals surface area contributed by atoms with Crippen molar-refractivity contribution in [2.45, 2.75) is 66.2 Å².